The molecule has 6 nitrogen and oxygen atoms in total. The summed E-state index contributed by atoms with van der Waals surface area (Å²) in [6.45, 7) is 1.61. The highest BCUT2D eigenvalue weighted by Crippen LogP contribution is 2.18. The van der Waals surface area contributed by atoms with E-state index in [4.69, 9.17) is 4.74 Å². The molecule has 1 aromatic rings. The fourth-order valence-corrected chi connectivity index (χ4v) is 2.24. The second-order valence-electron chi connectivity index (χ2n) is 4.18. The molecule has 0 bridgehead atoms. The number of nitrogens with one attached hydrogen (secondary N) is 1. The van der Waals surface area contributed by atoms with Gasteiger partial charge in [-0.25, -0.2) is 12.7 Å². The maximum atomic E-state index is 11.9. The zero-order valence-electron chi connectivity index (χ0n) is 11.4. The molecular weight excluding hydrogens is 268 g/mol. The minimum Gasteiger partial charge on any atom is -0.372 e. The predicted molar refractivity (Wildman–Crippen MR) is 72.4 cm³/mol. The van der Waals surface area contributed by atoms with Gasteiger partial charge in [0.25, 0.3) is 5.91 Å². The number of ether oxygens (including phenoxy) is 1. The molecule has 1 amide bonds. The number of nitrogens with zero attached hydrogens (tertiary/aromatic N) is 1. The van der Waals surface area contributed by atoms with Gasteiger partial charge in [-0.2, -0.15) is 0 Å². The first kappa shape index (κ1) is 15.6. The monoisotopic (exact) mass is 286 g/mol. The van der Waals surface area contributed by atoms with Crippen LogP contribution in [0, 0.1) is 0 Å². The van der Waals surface area contributed by atoms with Crippen molar-refractivity contribution < 1.29 is 17.9 Å². The second kappa shape index (κ2) is 6.14. The molecule has 0 aromatic heterocycles. The van der Waals surface area contributed by atoms with E-state index in [0.717, 1.165) is 4.31 Å². The predicted octanol–water partition coefficient (Wildman–Crippen LogP) is 0.910. The SMILES string of the molecule is COC(C)C(=O)Nc1cccc(S(=O)(=O)N(C)C)c1. The third-order valence-corrected chi connectivity index (χ3v) is 4.41. The van der Waals surface area contributed by atoms with Gasteiger partial charge < -0.3 is 10.1 Å². The van der Waals surface area contributed by atoms with Gasteiger partial charge in [-0.3, -0.25) is 4.79 Å². The van der Waals surface area contributed by atoms with E-state index in [2.05, 4.69) is 5.32 Å². The van der Waals surface area contributed by atoms with E-state index in [1.165, 1.54) is 33.3 Å². The van der Waals surface area contributed by atoms with Crippen LogP contribution in [0.1, 0.15) is 6.92 Å². The largest absolute Gasteiger partial charge is 0.372 e. The average Bonchev–Trinajstić information content (AvgIpc) is 2.37. The Bertz CT molecular complexity index is 555. The van der Waals surface area contributed by atoms with Gasteiger partial charge >= 0.3 is 0 Å². The molecule has 0 heterocycles. The Labute approximate surface area is 113 Å². The molecule has 106 valence electrons. The van der Waals surface area contributed by atoms with Crippen molar-refractivity contribution in [1.29, 1.82) is 0 Å². The Hall–Kier alpha value is -1.44. The third kappa shape index (κ3) is 3.76. The summed E-state index contributed by atoms with van der Waals surface area (Å²) in [6.07, 6.45) is -0.603. The van der Waals surface area contributed by atoms with Crippen LogP contribution in [0.15, 0.2) is 29.2 Å². The normalized spacial score (nSPS) is 13.3. The molecule has 19 heavy (non-hydrogen) atoms. The maximum Gasteiger partial charge on any atom is 0.253 e. The first-order chi connectivity index (χ1) is 8.78. The molecule has 1 rings (SSSR count). The molecule has 0 saturated carbocycles. The molecule has 0 saturated heterocycles. The number of hydrogen-bond donors (Lipinski definition) is 1. The standard InChI is InChI=1S/C12H18N2O4S/c1-9(18-4)12(15)13-10-6-5-7-11(8-10)19(16,17)14(2)3/h5-9H,1-4H3,(H,13,15). The van der Waals surface area contributed by atoms with E-state index in [9.17, 15) is 13.2 Å². The summed E-state index contributed by atoms with van der Waals surface area (Å²) in [4.78, 5) is 11.8. The van der Waals surface area contributed by atoms with Crippen molar-refractivity contribution in [2.24, 2.45) is 0 Å². The Kier molecular flexibility index (Phi) is 5.04. The van der Waals surface area contributed by atoms with Crippen LogP contribution in [-0.4, -0.2) is 45.9 Å². The van der Waals surface area contributed by atoms with Crippen LogP contribution >= 0.6 is 0 Å². The molecule has 0 aliphatic heterocycles. The highest BCUT2D eigenvalue weighted by Gasteiger charge is 2.18. The van der Waals surface area contributed by atoms with Crippen molar-refractivity contribution in [1.82, 2.24) is 4.31 Å². The highest BCUT2D eigenvalue weighted by atomic mass is 32.2. The van der Waals surface area contributed by atoms with Crippen LogP contribution in [0.3, 0.4) is 0 Å². The van der Waals surface area contributed by atoms with E-state index in [0.29, 0.717) is 5.69 Å². The van der Waals surface area contributed by atoms with Crippen LogP contribution in [0.2, 0.25) is 0 Å². The second-order valence-corrected chi connectivity index (χ2v) is 6.33. The number of sulfonamides is 1. The smallest absolute Gasteiger partial charge is 0.253 e. The summed E-state index contributed by atoms with van der Waals surface area (Å²) in [5.74, 6) is -0.332. The molecule has 7 heteroatoms. The summed E-state index contributed by atoms with van der Waals surface area (Å²) in [5.41, 5.74) is 0.414. The zero-order valence-corrected chi connectivity index (χ0v) is 12.2. The van der Waals surface area contributed by atoms with Crippen molar-refractivity contribution in [3.8, 4) is 0 Å². The Balaban J connectivity index is 2.99. The Morgan fingerprint density at radius 3 is 2.53 bits per heavy atom. The highest BCUT2D eigenvalue weighted by molar-refractivity contribution is 7.89. The van der Waals surface area contributed by atoms with E-state index < -0.39 is 16.1 Å². The molecule has 1 N–H and O–H groups in total. The lowest BCUT2D eigenvalue weighted by molar-refractivity contribution is -0.124. The lowest BCUT2D eigenvalue weighted by Crippen LogP contribution is -2.27. The number of rotatable bonds is 5. The molecule has 1 atom stereocenters. The van der Waals surface area contributed by atoms with Gasteiger partial charge in [-0.1, -0.05) is 6.07 Å². The Morgan fingerprint density at radius 1 is 1.37 bits per heavy atom. The first-order valence-corrected chi connectivity index (χ1v) is 7.09. The van der Waals surface area contributed by atoms with Crippen molar-refractivity contribution in [2.75, 3.05) is 26.5 Å². The first-order valence-electron chi connectivity index (χ1n) is 5.65. The Morgan fingerprint density at radius 2 is 2.00 bits per heavy atom. The molecular formula is C12H18N2O4S. The van der Waals surface area contributed by atoms with Crippen LogP contribution < -0.4 is 5.32 Å². The van der Waals surface area contributed by atoms with E-state index >= 15 is 0 Å². The quantitative estimate of drug-likeness (QED) is 0.873. The zero-order chi connectivity index (χ0) is 14.6. The number of hydrogen-bond acceptors (Lipinski definition) is 4. The van der Waals surface area contributed by atoms with E-state index in [1.54, 1.807) is 19.1 Å². The van der Waals surface area contributed by atoms with Gasteiger partial charge in [-0.05, 0) is 25.1 Å². The molecule has 0 aliphatic carbocycles. The molecule has 0 aliphatic rings. The van der Waals surface area contributed by atoms with Crippen molar-refractivity contribution in [3.05, 3.63) is 24.3 Å². The van der Waals surface area contributed by atoms with Gasteiger partial charge in [0, 0.05) is 26.9 Å². The number of anilines is 1. The summed E-state index contributed by atoms with van der Waals surface area (Å²) >= 11 is 0. The lowest BCUT2D eigenvalue weighted by atomic mass is 10.3. The van der Waals surface area contributed by atoms with Crippen molar-refractivity contribution >= 4 is 21.6 Å². The molecule has 0 radical (unpaired) electrons. The van der Waals surface area contributed by atoms with Gasteiger partial charge in [0.2, 0.25) is 10.0 Å². The number of carbonyl (C=O) groups is 1. The van der Waals surface area contributed by atoms with Crippen LogP contribution in [-0.2, 0) is 19.6 Å². The molecule has 1 unspecified atom stereocenters. The minimum absolute atomic E-state index is 0.125. The minimum atomic E-state index is -3.51. The van der Waals surface area contributed by atoms with Crippen LogP contribution in [0.5, 0.6) is 0 Å². The molecule has 1 aromatic carbocycles. The van der Waals surface area contributed by atoms with E-state index in [-0.39, 0.29) is 10.8 Å². The van der Waals surface area contributed by atoms with Crippen LogP contribution in [0.25, 0.3) is 0 Å². The number of methoxy groups -OCH3 is 1. The molecule has 0 fully saturated rings. The summed E-state index contributed by atoms with van der Waals surface area (Å²) in [5, 5.41) is 2.60. The van der Waals surface area contributed by atoms with E-state index in [1.807, 2.05) is 0 Å². The topological polar surface area (TPSA) is 75.7 Å². The van der Waals surface area contributed by atoms with Gasteiger partial charge in [-0.15, -0.1) is 0 Å². The lowest BCUT2D eigenvalue weighted by Gasteiger charge is -2.14. The molecule has 0 spiro atoms. The van der Waals surface area contributed by atoms with Crippen molar-refractivity contribution in [3.63, 3.8) is 0 Å². The summed E-state index contributed by atoms with van der Waals surface area (Å²) in [7, 11) is 0.821. The average molecular weight is 286 g/mol. The number of benzene rings is 1. The van der Waals surface area contributed by atoms with Gasteiger partial charge in [0.1, 0.15) is 6.10 Å². The number of carbonyl (C=O) groups excluding carboxylic acids is 1. The maximum absolute atomic E-state index is 11.9. The summed E-state index contributed by atoms with van der Waals surface area (Å²) < 4.78 is 29.9. The third-order valence-electron chi connectivity index (χ3n) is 2.60. The fourth-order valence-electron chi connectivity index (χ4n) is 1.30. The summed E-state index contributed by atoms with van der Waals surface area (Å²) in [6, 6.07) is 6.08. The van der Waals surface area contributed by atoms with Crippen molar-refractivity contribution in [2.45, 2.75) is 17.9 Å². The number of amides is 1. The van der Waals surface area contributed by atoms with Gasteiger partial charge in [0.05, 0.1) is 4.90 Å². The fraction of sp³-hybridized carbons (Fsp3) is 0.417. The van der Waals surface area contributed by atoms with Gasteiger partial charge in [0.15, 0.2) is 0 Å². The van der Waals surface area contributed by atoms with Crippen LogP contribution in [0.4, 0.5) is 5.69 Å².